The standard InChI is InChI=1S/C12H15ClN2O3/c1-7(2)15(3)12(18)14-10-6-8(11(16)17)4-5-9(10)13/h4-7H,1-3H3,(H,14,18)(H,16,17). The molecule has 0 saturated heterocycles. The van der Waals surface area contributed by atoms with Gasteiger partial charge in [-0.15, -0.1) is 0 Å². The average molecular weight is 271 g/mol. The minimum absolute atomic E-state index is 0.0337. The van der Waals surface area contributed by atoms with E-state index in [1.807, 2.05) is 13.8 Å². The van der Waals surface area contributed by atoms with Crippen LogP contribution in [0.4, 0.5) is 10.5 Å². The Morgan fingerprint density at radius 3 is 2.50 bits per heavy atom. The highest BCUT2D eigenvalue weighted by Crippen LogP contribution is 2.23. The van der Waals surface area contributed by atoms with Crippen LogP contribution in [0, 0.1) is 0 Å². The molecular formula is C12H15ClN2O3. The summed E-state index contributed by atoms with van der Waals surface area (Å²) >= 11 is 5.90. The molecule has 0 saturated carbocycles. The summed E-state index contributed by atoms with van der Waals surface area (Å²) in [5.41, 5.74) is 0.357. The first kappa shape index (κ1) is 14.3. The number of carboxylic acids is 1. The first-order chi connectivity index (χ1) is 8.32. The quantitative estimate of drug-likeness (QED) is 0.887. The van der Waals surface area contributed by atoms with Gasteiger partial charge in [-0.2, -0.15) is 0 Å². The number of carbonyl (C=O) groups excluding carboxylic acids is 1. The van der Waals surface area contributed by atoms with E-state index < -0.39 is 5.97 Å². The number of rotatable bonds is 3. The maximum atomic E-state index is 11.8. The predicted molar refractivity (Wildman–Crippen MR) is 70.3 cm³/mol. The van der Waals surface area contributed by atoms with E-state index in [1.54, 1.807) is 7.05 Å². The predicted octanol–water partition coefficient (Wildman–Crippen LogP) is 2.91. The Hall–Kier alpha value is -1.75. The van der Waals surface area contributed by atoms with Crippen LogP contribution < -0.4 is 5.32 Å². The van der Waals surface area contributed by atoms with E-state index in [9.17, 15) is 9.59 Å². The van der Waals surface area contributed by atoms with Crippen LogP contribution in [0.25, 0.3) is 0 Å². The Kier molecular flexibility index (Phi) is 4.55. The van der Waals surface area contributed by atoms with Crippen LogP contribution in [0.5, 0.6) is 0 Å². The Labute approximate surface area is 110 Å². The largest absolute Gasteiger partial charge is 0.478 e. The van der Waals surface area contributed by atoms with Crippen molar-refractivity contribution in [2.75, 3.05) is 12.4 Å². The van der Waals surface area contributed by atoms with Gasteiger partial charge in [-0.1, -0.05) is 11.6 Å². The molecule has 0 bridgehead atoms. The zero-order valence-electron chi connectivity index (χ0n) is 10.4. The number of carbonyl (C=O) groups is 2. The van der Waals surface area contributed by atoms with Crippen molar-refractivity contribution in [3.8, 4) is 0 Å². The summed E-state index contributed by atoms with van der Waals surface area (Å²) in [6, 6.07) is 3.85. The zero-order chi connectivity index (χ0) is 13.9. The van der Waals surface area contributed by atoms with Gasteiger partial charge in [-0.3, -0.25) is 0 Å². The SMILES string of the molecule is CC(C)N(C)C(=O)Nc1cc(C(=O)O)ccc1Cl. The van der Waals surface area contributed by atoms with Crippen LogP contribution in [0.3, 0.4) is 0 Å². The molecule has 0 aliphatic heterocycles. The van der Waals surface area contributed by atoms with E-state index >= 15 is 0 Å². The number of hydrogen-bond acceptors (Lipinski definition) is 2. The second-order valence-corrected chi connectivity index (χ2v) is 4.54. The molecule has 0 heterocycles. The van der Waals surface area contributed by atoms with Crippen molar-refractivity contribution in [1.82, 2.24) is 4.90 Å². The average Bonchev–Trinajstić information content (AvgIpc) is 2.30. The molecular weight excluding hydrogens is 256 g/mol. The third-order valence-corrected chi connectivity index (χ3v) is 2.88. The van der Waals surface area contributed by atoms with E-state index in [4.69, 9.17) is 16.7 Å². The van der Waals surface area contributed by atoms with Crippen molar-refractivity contribution in [2.24, 2.45) is 0 Å². The van der Waals surface area contributed by atoms with Gasteiger partial charge >= 0.3 is 12.0 Å². The summed E-state index contributed by atoms with van der Waals surface area (Å²) in [6.45, 7) is 3.74. The van der Waals surface area contributed by atoms with Crippen molar-refractivity contribution in [1.29, 1.82) is 0 Å². The number of nitrogens with one attached hydrogen (secondary N) is 1. The molecule has 2 N–H and O–H groups in total. The molecule has 0 fully saturated rings. The van der Waals surface area contributed by atoms with Gasteiger partial charge in [0.15, 0.2) is 0 Å². The van der Waals surface area contributed by atoms with Crippen LogP contribution in [0.2, 0.25) is 5.02 Å². The smallest absolute Gasteiger partial charge is 0.335 e. The van der Waals surface area contributed by atoms with Gasteiger partial charge in [0.2, 0.25) is 0 Å². The lowest BCUT2D eigenvalue weighted by Crippen LogP contribution is -2.36. The third-order valence-electron chi connectivity index (χ3n) is 2.55. The van der Waals surface area contributed by atoms with Crippen LogP contribution >= 0.6 is 11.6 Å². The van der Waals surface area contributed by atoms with E-state index in [-0.39, 0.29) is 23.3 Å². The number of urea groups is 1. The molecule has 1 aromatic carbocycles. The second kappa shape index (κ2) is 5.73. The number of hydrogen-bond donors (Lipinski definition) is 2. The molecule has 1 aromatic rings. The highest BCUT2D eigenvalue weighted by Gasteiger charge is 2.14. The Balaban J connectivity index is 2.93. The fraction of sp³-hybridized carbons (Fsp3) is 0.333. The molecule has 2 amide bonds. The van der Waals surface area contributed by atoms with Gasteiger partial charge in [0.05, 0.1) is 16.3 Å². The van der Waals surface area contributed by atoms with Crippen molar-refractivity contribution in [3.05, 3.63) is 28.8 Å². The minimum Gasteiger partial charge on any atom is -0.478 e. The molecule has 0 spiro atoms. The lowest BCUT2D eigenvalue weighted by atomic mass is 10.2. The molecule has 98 valence electrons. The van der Waals surface area contributed by atoms with E-state index in [0.29, 0.717) is 5.02 Å². The zero-order valence-corrected chi connectivity index (χ0v) is 11.2. The molecule has 18 heavy (non-hydrogen) atoms. The molecule has 0 aromatic heterocycles. The van der Waals surface area contributed by atoms with Crippen LogP contribution in [0.1, 0.15) is 24.2 Å². The number of nitrogens with zero attached hydrogens (tertiary/aromatic N) is 1. The number of aromatic carboxylic acids is 1. The van der Waals surface area contributed by atoms with Gasteiger partial charge in [0.25, 0.3) is 0 Å². The minimum atomic E-state index is -1.07. The Morgan fingerprint density at radius 1 is 1.39 bits per heavy atom. The molecule has 0 radical (unpaired) electrons. The van der Waals surface area contributed by atoms with Gasteiger partial charge in [0, 0.05) is 13.1 Å². The second-order valence-electron chi connectivity index (χ2n) is 4.13. The summed E-state index contributed by atoms with van der Waals surface area (Å²) in [4.78, 5) is 24.1. The van der Waals surface area contributed by atoms with Gasteiger partial charge in [0.1, 0.15) is 0 Å². The highest BCUT2D eigenvalue weighted by molar-refractivity contribution is 6.33. The fourth-order valence-electron chi connectivity index (χ4n) is 1.19. The number of amides is 2. The maximum absolute atomic E-state index is 11.8. The topological polar surface area (TPSA) is 69.6 Å². The Morgan fingerprint density at radius 2 is 2.00 bits per heavy atom. The summed E-state index contributed by atoms with van der Waals surface area (Å²) in [5.74, 6) is -1.07. The molecule has 0 atom stereocenters. The van der Waals surface area contributed by atoms with E-state index in [1.165, 1.54) is 23.1 Å². The summed E-state index contributed by atoms with van der Waals surface area (Å²) in [5, 5.41) is 11.7. The first-order valence-electron chi connectivity index (χ1n) is 5.39. The van der Waals surface area contributed by atoms with Crippen molar-refractivity contribution in [3.63, 3.8) is 0 Å². The molecule has 0 unspecified atom stereocenters. The summed E-state index contributed by atoms with van der Waals surface area (Å²) in [6.07, 6.45) is 0. The fourth-order valence-corrected chi connectivity index (χ4v) is 1.36. The number of halogens is 1. The first-order valence-corrected chi connectivity index (χ1v) is 5.77. The number of carboxylic acid groups (broad SMARTS) is 1. The van der Waals surface area contributed by atoms with Crippen LogP contribution in [0.15, 0.2) is 18.2 Å². The molecule has 5 nitrogen and oxygen atoms in total. The van der Waals surface area contributed by atoms with Gasteiger partial charge < -0.3 is 15.3 Å². The number of benzene rings is 1. The monoisotopic (exact) mass is 270 g/mol. The Bertz CT molecular complexity index is 474. The van der Waals surface area contributed by atoms with E-state index in [2.05, 4.69) is 5.32 Å². The lowest BCUT2D eigenvalue weighted by Gasteiger charge is -2.22. The molecule has 6 heteroatoms. The van der Waals surface area contributed by atoms with Crippen molar-refractivity contribution in [2.45, 2.75) is 19.9 Å². The highest BCUT2D eigenvalue weighted by atomic mass is 35.5. The third kappa shape index (κ3) is 3.37. The maximum Gasteiger partial charge on any atom is 0.335 e. The lowest BCUT2D eigenvalue weighted by molar-refractivity contribution is 0.0697. The van der Waals surface area contributed by atoms with Gasteiger partial charge in [-0.25, -0.2) is 9.59 Å². The van der Waals surface area contributed by atoms with Crippen molar-refractivity contribution >= 4 is 29.3 Å². The molecule has 0 aliphatic rings. The summed E-state index contributed by atoms with van der Waals surface area (Å²) < 4.78 is 0. The molecule has 0 aliphatic carbocycles. The summed E-state index contributed by atoms with van der Waals surface area (Å²) in [7, 11) is 1.65. The van der Waals surface area contributed by atoms with Crippen LogP contribution in [-0.2, 0) is 0 Å². The van der Waals surface area contributed by atoms with Gasteiger partial charge in [-0.05, 0) is 32.0 Å². The van der Waals surface area contributed by atoms with Crippen LogP contribution in [-0.4, -0.2) is 35.1 Å². The molecule has 1 rings (SSSR count). The normalized spacial score (nSPS) is 10.3. The van der Waals surface area contributed by atoms with Crippen molar-refractivity contribution < 1.29 is 14.7 Å². The number of anilines is 1. The van der Waals surface area contributed by atoms with E-state index in [0.717, 1.165) is 0 Å².